The van der Waals surface area contributed by atoms with E-state index in [-0.39, 0.29) is 18.0 Å². The van der Waals surface area contributed by atoms with Crippen LogP contribution in [0.2, 0.25) is 0 Å². The Morgan fingerprint density at radius 3 is 2.74 bits per heavy atom. The summed E-state index contributed by atoms with van der Waals surface area (Å²) >= 11 is 0. The fourth-order valence-corrected chi connectivity index (χ4v) is 1.79. The van der Waals surface area contributed by atoms with Crippen LogP contribution in [0.4, 0.5) is 18.9 Å². The first-order chi connectivity index (χ1) is 8.89. The number of hydrogen-bond donors (Lipinski definition) is 0. The lowest BCUT2D eigenvalue weighted by Crippen LogP contribution is -2.19. The summed E-state index contributed by atoms with van der Waals surface area (Å²) < 4.78 is 40.7. The van der Waals surface area contributed by atoms with Crippen LogP contribution < -0.4 is 4.74 Å². The van der Waals surface area contributed by atoms with Crippen molar-refractivity contribution in [2.24, 2.45) is 4.99 Å². The van der Waals surface area contributed by atoms with Gasteiger partial charge in [-0.2, -0.15) is 13.2 Å². The molecule has 1 aliphatic rings. The van der Waals surface area contributed by atoms with Gasteiger partial charge in [0.1, 0.15) is 5.75 Å². The van der Waals surface area contributed by atoms with Crippen molar-refractivity contribution < 1.29 is 22.7 Å². The first-order valence-electron chi connectivity index (χ1n) is 5.82. The average molecular weight is 271 g/mol. The molecule has 0 spiro atoms. The molecule has 2 rings (SSSR count). The van der Waals surface area contributed by atoms with Gasteiger partial charge in [0, 0.05) is 17.7 Å². The third kappa shape index (κ3) is 3.33. The largest absolute Gasteiger partial charge is 0.484 e. The van der Waals surface area contributed by atoms with E-state index in [0.29, 0.717) is 17.7 Å². The van der Waals surface area contributed by atoms with Crippen LogP contribution in [-0.2, 0) is 0 Å². The topological polar surface area (TPSA) is 38.7 Å². The minimum Gasteiger partial charge on any atom is -0.484 e. The van der Waals surface area contributed by atoms with Gasteiger partial charge in [-0.15, -0.1) is 0 Å². The molecule has 0 aromatic heterocycles. The van der Waals surface area contributed by atoms with Crippen LogP contribution >= 0.6 is 0 Å². The van der Waals surface area contributed by atoms with Crippen molar-refractivity contribution >= 4 is 17.2 Å². The smallest absolute Gasteiger partial charge is 0.422 e. The molecule has 0 saturated carbocycles. The number of hydrogen-bond acceptors (Lipinski definition) is 3. The predicted molar refractivity (Wildman–Crippen MR) is 64.3 cm³/mol. The van der Waals surface area contributed by atoms with E-state index in [0.717, 1.165) is 5.71 Å². The van der Waals surface area contributed by atoms with Crippen LogP contribution in [0.1, 0.15) is 30.1 Å². The van der Waals surface area contributed by atoms with Crippen molar-refractivity contribution in [1.82, 2.24) is 0 Å². The summed E-state index contributed by atoms with van der Waals surface area (Å²) in [6, 6.07) is 4.22. The van der Waals surface area contributed by atoms with E-state index < -0.39 is 12.8 Å². The second kappa shape index (κ2) is 5.03. The van der Waals surface area contributed by atoms with E-state index in [1.165, 1.54) is 18.2 Å². The second-order valence-corrected chi connectivity index (χ2v) is 4.21. The number of nitrogens with zero attached hydrogens (tertiary/aromatic N) is 1. The zero-order chi connectivity index (χ0) is 14.0. The zero-order valence-electron chi connectivity index (χ0n) is 10.3. The van der Waals surface area contributed by atoms with Crippen molar-refractivity contribution in [3.63, 3.8) is 0 Å². The van der Waals surface area contributed by atoms with Gasteiger partial charge >= 0.3 is 6.18 Å². The number of benzene rings is 1. The number of Topliss-reactive ketones (excluding diaryl/α,β-unsaturated/α-hetero) is 1. The van der Waals surface area contributed by atoms with Gasteiger partial charge in [-0.25, -0.2) is 0 Å². The molecule has 1 aromatic carbocycles. The number of halogens is 3. The summed E-state index contributed by atoms with van der Waals surface area (Å²) in [6.45, 7) is 0.529. The maximum Gasteiger partial charge on any atom is 0.422 e. The maximum atomic E-state index is 12.0. The molecule has 1 heterocycles. The van der Waals surface area contributed by atoms with Gasteiger partial charge in [-0.05, 0) is 24.6 Å². The molecule has 1 aliphatic heterocycles. The molecule has 0 bridgehead atoms. The lowest BCUT2D eigenvalue weighted by atomic mass is 9.99. The van der Waals surface area contributed by atoms with Crippen molar-refractivity contribution in [2.75, 3.05) is 6.61 Å². The molecule has 0 radical (unpaired) electrons. The Labute approximate surface area is 108 Å². The van der Waals surface area contributed by atoms with Crippen LogP contribution in [0.3, 0.4) is 0 Å². The van der Waals surface area contributed by atoms with Crippen LogP contribution in [0.25, 0.3) is 0 Å². The molecule has 19 heavy (non-hydrogen) atoms. The Hall–Kier alpha value is -1.85. The second-order valence-electron chi connectivity index (χ2n) is 4.21. The number of fused-ring (bicyclic) bond motifs is 1. The van der Waals surface area contributed by atoms with Gasteiger partial charge in [0.25, 0.3) is 0 Å². The minimum absolute atomic E-state index is 0.0274. The third-order valence-corrected chi connectivity index (χ3v) is 2.72. The number of rotatable bonds is 3. The number of ether oxygens (including phenoxy) is 1. The highest BCUT2D eigenvalue weighted by atomic mass is 19.4. The maximum absolute atomic E-state index is 12.0. The van der Waals surface area contributed by atoms with Crippen LogP contribution in [0, 0.1) is 0 Å². The minimum atomic E-state index is -4.40. The number of carbonyl (C=O) groups excluding carboxylic acids is 1. The van der Waals surface area contributed by atoms with E-state index in [9.17, 15) is 18.0 Å². The molecular weight excluding hydrogens is 259 g/mol. The van der Waals surface area contributed by atoms with Crippen molar-refractivity contribution in [3.8, 4) is 5.75 Å². The third-order valence-electron chi connectivity index (χ3n) is 2.72. The molecule has 6 heteroatoms. The fraction of sp³-hybridized carbons (Fsp3) is 0.385. The van der Waals surface area contributed by atoms with Gasteiger partial charge in [0.2, 0.25) is 0 Å². The molecule has 0 aliphatic carbocycles. The normalized spacial score (nSPS) is 14.9. The highest BCUT2D eigenvalue weighted by Crippen LogP contribution is 2.30. The summed E-state index contributed by atoms with van der Waals surface area (Å²) in [6.07, 6.45) is -3.50. The average Bonchev–Trinajstić information content (AvgIpc) is 2.35. The van der Waals surface area contributed by atoms with E-state index in [1.54, 1.807) is 0 Å². The van der Waals surface area contributed by atoms with Gasteiger partial charge in [0.15, 0.2) is 12.4 Å². The first kappa shape index (κ1) is 13.6. The van der Waals surface area contributed by atoms with Crippen LogP contribution in [-0.4, -0.2) is 24.3 Å². The molecule has 0 amide bonds. The highest BCUT2D eigenvalue weighted by molar-refractivity contribution is 6.15. The Morgan fingerprint density at radius 1 is 1.37 bits per heavy atom. The van der Waals surface area contributed by atoms with Crippen LogP contribution in [0.5, 0.6) is 5.75 Å². The molecule has 1 aromatic rings. The monoisotopic (exact) mass is 271 g/mol. The number of carbonyl (C=O) groups is 1. The molecule has 0 fully saturated rings. The molecule has 0 N–H and O–H groups in total. The molecular formula is C13H12F3NO2. The van der Waals surface area contributed by atoms with E-state index in [1.807, 2.05) is 6.92 Å². The highest BCUT2D eigenvalue weighted by Gasteiger charge is 2.28. The summed E-state index contributed by atoms with van der Waals surface area (Å²) in [5.41, 5.74) is 1.59. The fourth-order valence-electron chi connectivity index (χ4n) is 1.79. The summed E-state index contributed by atoms with van der Waals surface area (Å²) in [7, 11) is 0. The molecule has 3 nitrogen and oxygen atoms in total. The first-order valence-corrected chi connectivity index (χ1v) is 5.82. The Balaban J connectivity index is 2.23. The summed E-state index contributed by atoms with van der Waals surface area (Å²) in [5, 5.41) is 0. The Kier molecular flexibility index (Phi) is 3.59. The molecule has 102 valence electrons. The predicted octanol–water partition coefficient (Wildman–Crippen LogP) is 3.70. The lowest BCUT2D eigenvalue weighted by Gasteiger charge is -2.15. The van der Waals surface area contributed by atoms with Gasteiger partial charge in [0.05, 0.1) is 5.69 Å². The zero-order valence-corrected chi connectivity index (χ0v) is 10.3. The number of ketones is 1. The molecule has 0 saturated heterocycles. The van der Waals surface area contributed by atoms with Gasteiger partial charge in [-0.3, -0.25) is 9.79 Å². The quantitative estimate of drug-likeness (QED) is 0.840. The number of aliphatic imine (C=N–C) groups is 1. The molecule has 0 atom stereocenters. The standard InChI is InChI=1S/C13H12F3NO2/c1-2-8-5-12(18)10-6-9(3-4-11(10)17-8)19-7-13(14,15)16/h3-4,6H,2,5,7H2,1H3. The number of alkyl halides is 3. The Bertz CT molecular complexity index is 535. The van der Waals surface area contributed by atoms with Crippen molar-refractivity contribution in [2.45, 2.75) is 25.9 Å². The van der Waals surface area contributed by atoms with Crippen LogP contribution in [0.15, 0.2) is 23.2 Å². The SMILES string of the molecule is CCC1=Nc2ccc(OCC(F)(F)F)cc2C(=O)C1. The van der Waals surface area contributed by atoms with E-state index in [4.69, 9.17) is 0 Å². The van der Waals surface area contributed by atoms with Gasteiger partial charge in [-0.1, -0.05) is 6.92 Å². The Morgan fingerprint density at radius 2 is 2.11 bits per heavy atom. The van der Waals surface area contributed by atoms with E-state index in [2.05, 4.69) is 9.73 Å². The lowest BCUT2D eigenvalue weighted by molar-refractivity contribution is -0.153. The van der Waals surface area contributed by atoms with E-state index >= 15 is 0 Å². The van der Waals surface area contributed by atoms with Gasteiger partial charge < -0.3 is 4.74 Å². The summed E-state index contributed by atoms with van der Waals surface area (Å²) in [5.74, 6) is -0.112. The van der Waals surface area contributed by atoms with Crippen molar-refractivity contribution in [3.05, 3.63) is 23.8 Å². The molecule has 0 unspecified atom stereocenters. The van der Waals surface area contributed by atoms with Crippen molar-refractivity contribution in [1.29, 1.82) is 0 Å². The summed E-state index contributed by atoms with van der Waals surface area (Å²) in [4.78, 5) is 16.1.